The van der Waals surface area contributed by atoms with Crippen molar-refractivity contribution in [1.29, 1.82) is 0 Å². The van der Waals surface area contributed by atoms with E-state index in [1.54, 1.807) is 0 Å². The molecule has 0 unspecified atom stereocenters. The minimum atomic E-state index is 0.593. The molecule has 3 rings (SSSR count). The van der Waals surface area contributed by atoms with Crippen LogP contribution in [0, 0.1) is 19.3 Å². The molecule has 0 atom stereocenters. The van der Waals surface area contributed by atoms with E-state index in [0.29, 0.717) is 12.0 Å². The molecule has 1 spiro atoms. The second-order valence-electron chi connectivity index (χ2n) is 6.75. The Labute approximate surface area is 122 Å². The van der Waals surface area contributed by atoms with Gasteiger partial charge in [-0.1, -0.05) is 12.8 Å². The van der Waals surface area contributed by atoms with Gasteiger partial charge < -0.3 is 10.6 Å². The quantitative estimate of drug-likeness (QED) is 0.899. The highest BCUT2D eigenvalue weighted by Gasteiger charge is 2.37. The highest BCUT2D eigenvalue weighted by Crippen LogP contribution is 2.46. The lowest BCUT2D eigenvalue weighted by molar-refractivity contribution is 0.226. The first-order valence-electron chi connectivity index (χ1n) is 8.06. The maximum absolute atomic E-state index is 5.96. The monoisotopic (exact) mass is 273 g/mol. The largest absolute Gasteiger partial charge is 0.371 e. The van der Waals surface area contributed by atoms with Crippen molar-refractivity contribution in [2.24, 2.45) is 11.1 Å². The predicted octanol–water partition coefficient (Wildman–Crippen LogP) is 3.32. The van der Waals surface area contributed by atoms with Crippen LogP contribution in [-0.4, -0.2) is 18.1 Å². The Morgan fingerprint density at radius 1 is 1.15 bits per heavy atom. The van der Waals surface area contributed by atoms with Crippen LogP contribution in [0.5, 0.6) is 0 Å². The number of nitrogens with two attached hydrogens (primary N) is 1. The van der Waals surface area contributed by atoms with Crippen LogP contribution in [0.1, 0.15) is 55.5 Å². The summed E-state index contributed by atoms with van der Waals surface area (Å²) in [6.45, 7) is 7.14. The van der Waals surface area contributed by atoms with Crippen molar-refractivity contribution in [1.82, 2.24) is 4.98 Å². The van der Waals surface area contributed by atoms with E-state index >= 15 is 0 Å². The molecule has 20 heavy (non-hydrogen) atoms. The first kappa shape index (κ1) is 13.9. The smallest absolute Gasteiger partial charge is 0.0448 e. The fraction of sp³-hybridized carbons (Fsp3) is 0.706. The first-order valence-corrected chi connectivity index (χ1v) is 8.06. The lowest BCUT2D eigenvalue weighted by Crippen LogP contribution is -2.39. The van der Waals surface area contributed by atoms with E-state index in [1.807, 2.05) is 0 Å². The van der Waals surface area contributed by atoms with E-state index in [9.17, 15) is 0 Å². The number of hydrogen-bond acceptors (Lipinski definition) is 3. The zero-order chi connectivity index (χ0) is 14.2. The van der Waals surface area contributed by atoms with Crippen molar-refractivity contribution < 1.29 is 0 Å². The molecule has 1 saturated carbocycles. The summed E-state index contributed by atoms with van der Waals surface area (Å²) in [6.07, 6.45) is 8.52. The second kappa shape index (κ2) is 5.36. The summed E-state index contributed by atoms with van der Waals surface area (Å²) in [5, 5.41) is 0. The van der Waals surface area contributed by atoms with Crippen LogP contribution in [0.4, 0.5) is 5.69 Å². The van der Waals surface area contributed by atoms with Crippen LogP contribution in [0.25, 0.3) is 0 Å². The summed E-state index contributed by atoms with van der Waals surface area (Å²) in [7, 11) is 0. The maximum atomic E-state index is 5.96. The predicted molar refractivity (Wildman–Crippen MR) is 84.0 cm³/mol. The van der Waals surface area contributed by atoms with Crippen LogP contribution >= 0.6 is 0 Å². The summed E-state index contributed by atoms with van der Waals surface area (Å²) in [5.41, 5.74) is 11.4. The Morgan fingerprint density at radius 2 is 1.80 bits per heavy atom. The number of nitrogens with zero attached hydrogens (tertiary/aromatic N) is 2. The van der Waals surface area contributed by atoms with Gasteiger partial charge in [-0.15, -0.1) is 0 Å². The molecule has 110 valence electrons. The second-order valence-corrected chi connectivity index (χ2v) is 6.75. The zero-order valence-corrected chi connectivity index (χ0v) is 12.9. The van der Waals surface area contributed by atoms with E-state index < -0.39 is 0 Å². The Morgan fingerprint density at radius 3 is 2.40 bits per heavy atom. The van der Waals surface area contributed by atoms with Gasteiger partial charge in [0.05, 0.1) is 0 Å². The molecular formula is C17H27N3. The minimum Gasteiger partial charge on any atom is -0.371 e. The van der Waals surface area contributed by atoms with Gasteiger partial charge in [-0.3, -0.25) is 4.98 Å². The molecule has 1 aliphatic carbocycles. The highest BCUT2D eigenvalue weighted by atomic mass is 15.1. The van der Waals surface area contributed by atoms with Crippen molar-refractivity contribution in [3.63, 3.8) is 0 Å². The molecule has 1 aliphatic heterocycles. The van der Waals surface area contributed by atoms with Crippen molar-refractivity contribution in [3.8, 4) is 0 Å². The lowest BCUT2D eigenvalue weighted by Gasteiger charge is -2.41. The number of rotatable bonds is 2. The van der Waals surface area contributed by atoms with Gasteiger partial charge >= 0.3 is 0 Å². The molecule has 2 fully saturated rings. The Balaban J connectivity index is 1.81. The van der Waals surface area contributed by atoms with Crippen LogP contribution < -0.4 is 10.6 Å². The molecule has 0 radical (unpaired) electrons. The highest BCUT2D eigenvalue weighted by molar-refractivity contribution is 5.56. The van der Waals surface area contributed by atoms with Gasteiger partial charge in [0, 0.05) is 42.3 Å². The number of hydrogen-bond donors (Lipinski definition) is 1. The van der Waals surface area contributed by atoms with E-state index in [0.717, 1.165) is 11.4 Å². The molecule has 3 heteroatoms. The third kappa shape index (κ3) is 2.44. The van der Waals surface area contributed by atoms with Crippen LogP contribution in [0.2, 0.25) is 0 Å². The van der Waals surface area contributed by atoms with Crippen LogP contribution in [0.3, 0.4) is 0 Å². The van der Waals surface area contributed by atoms with Gasteiger partial charge in [0.2, 0.25) is 0 Å². The van der Waals surface area contributed by atoms with Crippen molar-refractivity contribution in [2.45, 2.75) is 58.9 Å². The normalized spacial score (nSPS) is 21.6. The number of aromatic nitrogens is 1. The maximum Gasteiger partial charge on any atom is 0.0448 e. The summed E-state index contributed by atoms with van der Waals surface area (Å²) in [5.74, 6) is 0. The number of pyridine rings is 1. The number of anilines is 1. The van der Waals surface area contributed by atoms with Gasteiger partial charge in [-0.25, -0.2) is 0 Å². The zero-order valence-electron chi connectivity index (χ0n) is 12.9. The standard InChI is InChI=1S/C17H27N3/c1-13-11-16(15(12-18)14(2)19-13)20-9-7-17(8-10-20)5-3-4-6-17/h11H,3-10,12,18H2,1-2H3. The molecule has 3 nitrogen and oxygen atoms in total. The molecule has 1 saturated heterocycles. The summed E-state index contributed by atoms with van der Waals surface area (Å²) in [4.78, 5) is 7.11. The Bertz CT molecular complexity index is 479. The third-order valence-electron chi connectivity index (χ3n) is 5.47. The van der Waals surface area contributed by atoms with Gasteiger partial charge in [-0.2, -0.15) is 0 Å². The number of aryl methyl sites for hydroxylation is 2. The molecule has 1 aromatic rings. The third-order valence-corrected chi connectivity index (χ3v) is 5.47. The molecule has 0 aromatic carbocycles. The molecule has 2 heterocycles. The van der Waals surface area contributed by atoms with Gasteiger partial charge in [0.15, 0.2) is 0 Å². The SMILES string of the molecule is Cc1cc(N2CCC3(CCCC3)CC2)c(CN)c(C)n1. The summed E-state index contributed by atoms with van der Waals surface area (Å²) in [6, 6.07) is 2.22. The van der Waals surface area contributed by atoms with Gasteiger partial charge in [0.25, 0.3) is 0 Å². The lowest BCUT2D eigenvalue weighted by atomic mass is 9.77. The molecule has 2 N–H and O–H groups in total. The van der Waals surface area contributed by atoms with E-state index in [4.69, 9.17) is 5.73 Å². The molecule has 0 bridgehead atoms. The van der Waals surface area contributed by atoms with Gasteiger partial charge in [0.1, 0.15) is 0 Å². The summed E-state index contributed by atoms with van der Waals surface area (Å²) < 4.78 is 0. The first-order chi connectivity index (χ1) is 9.63. The fourth-order valence-corrected chi connectivity index (χ4v) is 4.22. The van der Waals surface area contributed by atoms with Crippen LogP contribution in [0.15, 0.2) is 6.07 Å². The molecule has 2 aliphatic rings. The van der Waals surface area contributed by atoms with Crippen molar-refractivity contribution in [2.75, 3.05) is 18.0 Å². The van der Waals surface area contributed by atoms with E-state index in [2.05, 4.69) is 29.8 Å². The Kier molecular flexibility index (Phi) is 3.72. The molecular weight excluding hydrogens is 246 g/mol. The van der Waals surface area contributed by atoms with E-state index in [1.165, 1.54) is 62.9 Å². The molecule has 0 amide bonds. The fourth-order valence-electron chi connectivity index (χ4n) is 4.22. The topological polar surface area (TPSA) is 42.1 Å². The van der Waals surface area contributed by atoms with Crippen molar-refractivity contribution >= 4 is 5.69 Å². The van der Waals surface area contributed by atoms with Crippen LogP contribution in [-0.2, 0) is 6.54 Å². The van der Waals surface area contributed by atoms with E-state index in [-0.39, 0.29) is 0 Å². The average molecular weight is 273 g/mol. The number of piperidine rings is 1. The average Bonchev–Trinajstić information content (AvgIpc) is 2.87. The minimum absolute atomic E-state index is 0.593. The molecule has 1 aromatic heterocycles. The van der Waals surface area contributed by atoms with Gasteiger partial charge in [-0.05, 0) is 51.0 Å². The summed E-state index contributed by atoms with van der Waals surface area (Å²) >= 11 is 0. The van der Waals surface area contributed by atoms with Crippen molar-refractivity contribution in [3.05, 3.63) is 23.0 Å². The Hall–Kier alpha value is -1.09.